The Morgan fingerprint density at radius 1 is 1.35 bits per heavy atom. The first-order valence-corrected chi connectivity index (χ1v) is 8.74. The van der Waals surface area contributed by atoms with E-state index in [1.807, 2.05) is 0 Å². The Bertz CT molecular complexity index is 790. The highest BCUT2D eigenvalue weighted by Crippen LogP contribution is 2.40. The number of carbonyl (C=O) groups is 1. The second kappa shape index (κ2) is 7.07. The van der Waals surface area contributed by atoms with Crippen molar-refractivity contribution in [3.8, 4) is 11.3 Å². The first-order chi connectivity index (χ1) is 12.3. The Balaban J connectivity index is 1.67. The minimum atomic E-state index is -0.638. The number of halogens is 1. The highest BCUT2D eigenvalue weighted by molar-refractivity contribution is 5.89. The maximum absolute atomic E-state index is 13.3. The van der Waals surface area contributed by atoms with Gasteiger partial charge in [0.2, 0.25) is 0 Å². The molecule has 2 amide bonds. The van der Waals surface area contributed by atoms with Crippen LogP contribution in [0.25, 0.3) is 11.3 Å². The van der Waals surface area contributed by atoms with Gasteiger partial charge < -0.3 is 14.9 Å². The number of anilines is 1. The number of rotatable bonds is 4. The summed E-state index contributed by atoms with van der Waals surface area (Å²) in [6, 6.07) is 7.02. The molecule has 6 nitrogen and oxygen atoms in total. The van der Waals surface area contributed by atoms with Crippen molar-refractivity contribution in [3.05, 3.63) is 36.1 Å². The molecule has 7 heteroatoms. The summed E-state index contributed by atoms with van der Waals surface area (Å²) >= 11 is 0. The molecule has 0 saturated heterocycles. The zero-order valence-electron chi connectivity index (χ0n) is 15.0. The first-order valence-electron chi connectivity index (χ1n) is 8.74. The number of nitrogens with zero attached hydrogens (tertiary/aromatic N) is 1. The third-order valence-electron chi connectivity index (χ3n) is 4.87. The van der Waals surface area contributed by atoms with E-state index in [-0.39, 0.29) is 23.7 Å². The molecule has 0 aliphatic heterocycles. The second-order valence-electron chi connectivity index (χ2n) is 7.80. The van der Waals surface area contributed by atoms with Gasteiger partial charge in [-0.3, -0.25) is 5.32 Å². The van der Waals surface area contributed by atoms with Gasteiger partial charge in [-0.15, -0.1) is 0 Å². The van der Waals surface area contributed by atoms with E-state index in [0.29, 0.717) is 17.7 Å². The topological polar surface area (TPSA) is 87.4 Å². The smallest absolute Gasteiger partial charge is 0.321 e. The van der Waals surface area contributed by atoms with Crippen LogP contribution in [0.15, 0.2) is 34.9 Å². The number of aromatic nitrogens is 1. The van der Waals surface area contributed by atoms with Gasteiger partial charge in [0.1, 0.15) is 5.82 Å². The molecule has 1 unspecified atom stereocenters. The van der Waals surface area contributed by atoms with Gasteiger partial charge in [0.05, 0.1) is 12.1 Å². The third kappa shape index (κ3) is 4.22. The van der Waals surface area contributed by atoms with Crippen molar-refractivity contribution >= 4 is 11.8 Å². The Hall–Kier alpha value is -2.41. The van der Waals surface area contributed by atoms with E-state index < -0.39 is 11.6 Å². The van der Waals surface area contributed by atoms with Crippen molar-refractivity contribution in [3.63, 3.8) is 0 Å². The van der Waals surface area contributed by atoms with E-state index in [0.717, 1.165) is 19.3 Å². The van der Waals surface area contributed by atoms with Gasteiger partial charge in [-0.05, 0) is 36.8 Å². The van der Waals surface area contributed by atoms with Crippen molar-refractivity contribution in [2.45, 2.75) is 45.1 Å². The van der Waals surface area contributed by atoms with Crippen LogP contribution in [0.5, 0.6) is 0 Å². The normalized spacial score (nSPS) is 22.0. The molecule has 140 valence electrons. The van der Waals surface area contributed by atoms with Gasteiger partial charge in [0, 0.05) is 11.6 Å². The Kier molecular flexibility index (Phi) is 5.00. The minimum Gasteiger partial charge on any atom is -0.394 e. The molecule has 0 radical (unpaired) electrons. The average molecular weight is 361 g/mol. The van der Waals surface area contributed by atoms with Gasteiger partial charge in [0.25, 0.3) is 0 Å². The summed E-state index contributed by atoms with van der Waals surface area (Å²) < 4.78 is 18.5. The van der Waals surface area contributed by atoms with Crippen LogP contribution in [0.1, 0.15) is 39.5 Å². The third-order valence-corrected chi connectivity index (χ3v) is 4.87. The minimum absolute atomic E-state index is 0.0622. The van der Waals surface area contributed by atoms with Crippen LogP contribution >= 0.6 is 0 Å². The average Bonchev–Trinajstić information content (AvgIpc) is 3.02. The van der Waals surface area contributed by atoms with Crippen molar-refractivity contribution in [2.75, 3.05) is 11.9 Å². The fraction of sp³-hybridized carbons (Fsp3) is 0.474. The molecule has 1 aliphatic carbocycles. The predicted molar refractivity (Wildman–Crippen MR) is 96.1 cm³/mol. The molecule has 0 bridgehead atoms. The van der Waals surface area contributed by atoms with Gasteiger partial charge >= 0.3 is 6.03 Å². The van der Waals surface area contributed by atoms with Crippen LogP contribution in [0.3, 0.4) is 0 Å². The van der Waals surface area contributed by atoms with Gasteiger partial charge in [0.15, 0.2) is 11.6 Å². The quantitative estimate of drug-likeness (QED) is 0.770. The fourth-order valence-corrected chi connectivity index (χ4v) is 3.78. The monoisotopic (exact) mass is 361 g/mol. The lowest BCUT2D eigenvalue weighted by Crippen LogP contribution is -2.56. The lowest BCUT2D eigenvalue weighted by atomic mass is 9.68. The highest BCUT2D eigenvalue weighted by atomic mass is 19.1. The predicted octanol–water partition coefficient (Wildman–Crippen LogP) is 3.93. The number of aliphatic hydroxyl groups excluding tert-OH is 1. The Morgan fingerprint density at radius 2 is 2.15 bits per heavy atom. The summed E-state index contributed by atoms with van der Waals surface area (Å²) in [5.41, 5.74) is -0.0416. The fourth-order valence-electron chi connectivity index (χ4n) is 3.78. The molecule has 3 rings (SSSR count). The molecule has 1 atom stereocenters. The molecule has 1 aromatic heterocycles. The zero-order valence-corrected chi connectivity index (χ0v) is 15.0. The zero-order chi connectivity index (χ0) is 18.8. The van der Waals surface area contributed by atoms with Crippen LogP contribution in [0, 0.1) is 11.2 Å². The molecule has 1 aromatic carbocycles. The van der Waals surface area contributed by atoms with Crippen molar-refractivity contribution in [2.24, 2.45) is 5.41 Å². The number of benzene rings is 1. The van der Waals surface area contributed by atoms with E-state index in [1.165, 1.54) is 18.2 Å². The van der Waals surface area contributed by atoms with E-state index in [1.54, 1.807) is 12.1 Å². The molecule has 3 N–H and O–H groups in total. The molecule has 1 fully saturated rings. The Morgan fingerprint density at radius 3 is 2.85 bits per heavy atom. The second-order valence-corrected chi connectivity index (χ2v) is 7.80. The molecule has 1 aliphatic rings. The first kappa shape index (κ1) is 18.4. The van der Waals surface area contributed by atoms with E-state index >= 15 is 0 Å². The number of carbonyl (C=O) groups excluding carboxylic acids is 1. The largest absolute Gasteiger partial charge is 0.394 e. The molecule has 1 saturated carbocycles. The van der Waals surface area contributed by atoms with Crippen LogP contribution in [0.4, 0.5) is 15.0 Å². The number of hydrogen-bond acceptors (Lipinski definition) is 4. The summed E-state index contributed by atoms with van der Waals surface area (Å²) in [4.78, 5) is 12.4. The van der Waals surface area contributed by atoms with Crippen molar-refractivity contribution in [1.82, 2.24) is 10.5 Å². The molecule has 2 aromatic rings. The number of amides is 2. The van der Waals surface area contributed by atoms with Crippen molar-refractivity contribution in [1.29, 1.82) is 0 Å². The summed E-state index contributed by atoms with van der Waals surface area (Å²) in [6.45, 7) is 4.16. The standard InChI is InChI=1S/C19H24FN3O3/c1-18(2)7-4-8-19(11-18,12-24)22-17(25)21-16-10-15(26-23-16)13-5-3-6-14(20)9-13/h3,5-6,9-10,24H,4,7-8,11-12H2,1-2H3,(H2,21,22,23,25). The molecule has 0 spiro atoms. The van der Waals surface area contributed by atoms with Crippen LogP contribution in [-0.4, -0.2) is 28.4 Å². The molecule has 26 heavy (non-hydrogen) atoms. The van der Waals surface area contributed by atoms with Gasteiger partial charge in [-0.2, -0.15) is 0 Å². The van der Waals surface area contributed by atoms with E-state index in [2.05, 4.69) is 29.6 Å². The van der Waals surface area contributed by atoms with Gasteiger partial charge in [-0.1, -0.05) is 37.6 Å². The molecule has 1 heterocycles. The summed E-state index contributed by atoms with van der Waals surface area (Å²) in [5.74, 6) is 0.205. The summed E-state index contributed by atoms with van der Waals surface area (Å²) in [7, 11) is 0. The molecular weight excluding hydrogens is 337 g/mol. The maximum Gasteiger partial charge on any atom is 0.321 e. The van der Waals surface area contributed by atoms with Crippen molar-refractivity contribution < 1.29 is 18.8 Å². The lowest BCUT2D eigenvalue weighted by Gasteiger charge is -2.44. The van der Waals surface area contributed by atoms with Gasteiger partial charge in [-0.25, -0.2) is 9.18 Å². The number of nitrogens with one attached hydrogen (secondary N) is 2. The lowest BCUT2D eigenvalue weighted by molar-refractivity contribution is 0.0709. The maximum atomic E-state index is 13.3. The summed E-state index contributed by atoms with van der Waals surface area (Å²) in [6.07, 6.45) is 3.45. The highest BCUT2D eigenvalue weighted by Gasteiger charge is 2.40. The van der Waals surface area contributed by atoms with Crippen LogP contribution in [-0.2, 0) is 0 Å². The van der Waals surface area contributed by atoms with Crippen LogP contribution in [0.2, 0.25) is 0 Å². The van der Waals surface area contributed by atoms with E-state index in [9.17, 15) is 14.3 Å². The summed E-state index contributed by atoms with van der Waals surface area (Å²) in [5, 5.41) is 19.2. The van der Waals surface area contributed by atoms with Crippen LogP contribution < -0.4 is 10.6 Å². The van der Waals surface area contributed by atoms with E-state index in [4.69, 9.17) is 4.52 Å². The number of hydrogen-bond donors (Lipinski definition) is 3. The Labute approximate surface area is 151 Å². The SMILES string of the molecule is CC1(C)CCCC(CO)(NC(=O)Nc2cc(-c3cccc(F)c3)on2)C1. The number of urea groups is 1. The molecular formula is C19H24FN3O3. The number of aliphatic hydroxyl groups is 1.